The molecular formula is C40H68N10O12S4. The average molecular weight is 1010 g/mol. The van der Waals surface area contributed by atoms with E-state index in [-0.39, 0.29) is 23.0 Å². The first kappa shape index (κ1) is 57.8. The molecule has 2 bridgehead atoms. The number of likely N-dealkylation sites (N-methyl/N-ethyl adjacent to an activating group) is 6. The van der Waals surface area contributed by atoms with E-state index in [0.717, 1.165) is 41.2 Å². The molecule has 0 aromatic heterocycles. The molecular weight excluding hydrogens is 941 g/mol. The number of carbonyl (C=O) groups is 10. The molecule has 0 spiro atoms. The molecule has 6 atom stereocenters. The number of amides is 10. The Labute approximate surface area is 403 Å². The van der Waals surface area contributed by atoms with E-state index in [1.807, 2.05) is 0 Å². The van der Waals surface area contributed by atoms with Gasteiger partial charge in [0.05, 0.1) is 13.1 Å². The van der Waals surface area contributed by atoms with Crippen molar-refractivity contribution in [3.8, 4) is 0 Å². The number of nitrogens with zero attached hydrogens (tertiary/aromatic N) is 6. The number of thioether (sulfide) groups is 2. The van der Waals surface area contributed by atoms with Crippen LogP contribution in [-0.4, -0.2) is 240 Å². The van der Waals surface area contributed by atoms with Gasteiger partial charge in [0.15, 0.2) is 0 Å². The van der Waals surface area contributed by atoms with Crippen LogP contribution >= 0.6 is 45.1 Å². The van der Waals surface area contributed by atoms with Gasteiger partial charge in [0.1, 0.15) is 47.5 Å². The summed E-state index contributed by atoms with van der Waals surface area (Å²) in [5.41, 5.74) is -1.92. The number of hydrogen-bond donors (Lipinski definition) is 4. The molecule has 374 valence electrons. The highest BCUT2D eigenvalue weighted by atomic mass is 33.1. The zero-order chi connectivity index (χ0) is 50.4. The first-order chi connectivity index (χ1) is 30.5. The third-order valence-corrected chi connectivity index (χ3v) is 13.9. The van der Waals surface area contributed by atoms with Crippen LogP contribution in [0.5, 0.6) is 0 Å². The SMILES string of the molecule is CSC[C@H]1C(=O)N(C)C[C@@H](NC(=O)OC(C)(C)C)C(=O)NCC(=O)N(C)[C@H]2CSSC[C@@H](C(=O)N1C)N(C)C(=O)CNC(=O)[C@H](NC(=O)OC(C)(C)C)CN(C)C(=O)[C@H](CSC)N(C)C2=O. The van der Waals surface area contributed by atoms with Gasteiger partial charge in [0.2, 0.25) is 47.3 Å². The van der Waals surface area contributed by atoms with Crippen LogP contribution in [0.25, 0.3) is 0 Å². The number of alkyl carbamates (subject to hydrolysis) is 2. The molecule has 2 aliphatic rings. The molecule has 2 aliphatic heterocycles. The molecule has 2 rings (SSSR count). The minimum Gasteiger partial charge on any atom is -0.444 e. The molecule has 4 N–H and O–H groups in total. The fourth-order valence-corrected chi connectivity index (χ4v) is 10.3. The van der Waals surface area contributed by atoms with Gasteiger partial charge in [0.25, 0.3) is 0 Å². The number of fused-ring (bicyclic) bond motifs is 5. The van der Waals surface area contributed by atoms with Crippen molar-refractivity contribution >= 4 is 105 Å². The summed E-state index contributed by atoms with van der Waals surface area (Å²) in [5, 5.41) is 9.96. The van der Waals surface area contributed by atoms with E-state index in [1.165, 1.54) is 75.6 Å². The van der Waals surface area contributed by atoms with Crippen LogP contribution in [0.15, 0.2) is 0 Å². The molecule has 26 heteroatoms. The van der Waals surface area contributed by atoms with E-state index >= 15 is 0 Å². The highest BCUT2D eigenvalue weighted by Crippen LogP contribution is 2.28. The largest absolute Gasteiger partial charge is 0.444 e. The number of nitrogens with one attached hydrogen (secondary N) is 4. The van der Waals surface area contributed by atoms with Gasteiger partial charge in [-0.25, -0.2) is 9.59 Å². The number of hydrogen-bond acceptors (Lipinski definition) is 16. The van der Waals surface area contributed by atoms with Gasteiger partial charge in [-0.05, 0) is 54.1 Å². The predicted molar refractivity (Wildman–Crippen MR) is 256 cm³/mol. The van der Waals surface area contributed by atoms with Crippen LogP contribution in [-0.2, 0) is 47.8 Å². The lowest BCUT2D eigenvalue weighted by molar-refractivity contribution is -0.149. The van der Waals surface area contributed by atoms with Gasteiger partial charge in [-0.1, -0.05) is 21.6 Å². The highest BCUT2D eigenvalue weighted by Gasteiger charge is 2.40. The second-order valence-corrected chi connectivity index (χ2v) is 22.1. The van der Waals surface area contributed by atoms with Crippen LogP contribution in [0.3, 0.4) is 0 Å². The van der Waals surface area contributed by atoms with Gasteiger partial charge in [-0.3, -0.25) is 38.4 Å². The summed E-state index contributed by atoms with van der Waals surface area (Å²) < 4.78 is 10.8. The smallest absolute Gasteiger partial charge is 0.408 e. The van der Waals surface area contributed by atoms with Crippen LogP contribution in [0.1, 0.15) is 41.5 Å². The fraction of sp³-hybridized carbons (Fsp3) is 0.750. The Morgan fingerprint density at radius 1 is 0.576 bits per heavy atom. The Bertz CT molecular complexity index is 1680. The van der Waals surface area contributed by atoms with E-state index < -0.39 is 133 Å². The lowest BCUT2D eigenvalue weighted by Gasteiger charge is -2.37. The van der Waals surface area contributed by atoms with Crippen molar-refractivity contribution in [3.05, 3.63) is 0 Å². The molecule has 0 unspecified atom stereocenters. The van der Waals surface area contributed by atoms with Crippen molar-refractivity contribution in [1.82, 2.24) is 50.7 Å². The second kappa shape index (κ2) is 25.7. The normalized spacial score (nSPS) is 25.0. The predicted octanol–water partition coefficient (Wildman–Crippen LogP) is -0.635. The Kier molecular flexibility index (Phi) is 22.5. The molecule has 22 nitrogen and oxygen atoms in total. The fourth-order valence-electron chi connectivity index (χ4n) is 6.41. The van der Waals surface area contributed by atoms with Crippen LogP contribution in [0, 0.1) is 0 Å². The Hall–Kier alpha value is -4.30. The van der Waals surface area contributed by atoms with Gasteiger partial charge < -0.3 is 60.1 Å². The molecule has 2 heterocycles. The standard InChI is InChI=1S/C40H68N10O12S4/c1-39(2,3)61-37(59)43-23-17-45(7)33(55)25(19-63-13)49(11)35(57)28-22-66-65-21-27(47(9)29(51)15-41-31(23)53)36(58)50(12)26(20-64-14)34(56)46(8)18-24(44-38(60)62-40(4,5)6)32(54)42-16-30(52)48(28)10/h23-28H,15-22H2,1-14H3,(H,41,53)(H,42,54)(H,43,59)(H,44,60)/t23-,24-,25+,26+,27+,28+/m1/s1. The quantitative estimate of drug-likeness (QED) is 0.242. The average Bonchev–Trinajstić information content (AvgIpc) is 3.22. The Balaban J connectivity index is 2.84. The van der Waals surface area contributed by atoms with E-state index in [0.29, 0.717) is 0 Å². The lowest BCUT2D eigenvalue weighted by Crippen LogP contribution is -2.61. The lowest BCUT2D eigenvalue weighted by atomic mass is 10.1. The summed E-state index contributed by atoms with van der Waals surface area (Å²) in [5.74, 6) is -5.72. The first-order valence-corrected chi connectivity index (χ1v) is 26.1. The van der Waals surface area contributed by atoms with Crippen molar-refractivity contribution < 1.29 is 57.4 Å². The summed E-state index contributed by atoms with van der Waals surface area (Å²) in [4.78, 5) is 146. The summed E-state index contributed by atoms with van der Waals surface area (Å²) in [6.45, 7) is 7.58. The van der Waals surface area contributed by atoms with E-state index in [9.17, 15) is 47.9 Å². The molecule has 0 aliphatic carbocycles. The molecule has 2 fully saturated rings. The van der Waals surface area contributed by atoms with Crippen LogP contribution < -0.4 is 21.3 Å². The highest BCUT2D eigenvalue weighted by molar-refractivity contribution is 8.76. The maximum atomic E-state index is 14.6. The van der Waals surface area contributed by atoms with Crippen molar-refractivity contribution in [1.29, 1.82) is 0 Å². The minimum absolute atomic E-state index is 0.0861. The van der Waals surface area contributed by atoms with Crippen LogP contribution in [0.4, 0.5) is 9.59 Å². The van der Waals surface area contributed by atoms with Crippen LogP contribution in [0.2, 0.25) is 0 Å². The van der Waals surface area contributed by atoms with Crippen molar-refractivity contribution in [2.45, 2.75) is 89.0 Å². The molecule has 10 amide bonds. The Morgan fingerprint density at radius 2 is 0.894 bits per heavy atom. The number of rotatable bonds is 6. The van der Waals surface area contributed by atoms with Crippen molar-refractivity contribution in [2.75, 3.05) is 104 Å². The van der Waals surface area contributed by atoms with E-state index in [1.54, 1.807) is 54.1 Å². The second-order valence-electron chi connectivity index (χ2n) is 17.7. The minimum atomic E-state index is -1.46. The van der Waals surface area contributed by atoms with Gasteiger partial charge in [0, 0.05) is 78.4 Å². The summed E-state index contributed by atoms with van der Waals surface area (Å²) >= 11 is 2.52. The Morgan fingerprint density at radius 3 is 1.18 bits per heavy atom. The topological polar surface area (TPSA) is 257 Å². The first-order valence-electron chi connectivity index (χ1n) is 20.9. The molecule has 0 radical (unpaired) electrons. The third-order valence-electron chi connectivity index (χ3n) is 10.2. The summed E-state index contributed by atoms with van der Waals surface area (Å²) in [6, 6.07) is -7.72. The molecule has 0 aromatic carbocycles. The molecule has 66 heavy (non-hydrogen) atoms. The van der Waals surface area contributed by atoms with E-state index in [4.69, 9.17) is 9.47 Å². The monoisotopic (exact) mass is 1010 g/mol. The van der Waals surface area contributed by atoms with Gasteiger partial charge in [-0.2, -0.15) is 23.5 Å². The zero-order valence-corrected chi connectivity index (χ0v) is 43.6. The molecule has 0 saturated carbocycles. The number of ether oxygens (including phenoxy) is 2. The van der Waals surface area contributed by atoms with Crippen molar-refractivity contribution in [2.24, 2.45) is 0 Å². The third kappa shape index (κ3) is 17.4. The summed E-state index contributed by atoms with van der Waals surface area (Å²) in [6.07, 6.45) is 1.49. The van der Waals surface area contributed by atoms with Crippen molar-refractivity contribution in [3.63, 3.8) is 0 Å². The van der Waals surface area contributed by atoms with Gasteiger partial charge >= 0.3 is 12.2 Å². The zero-order valence-electron chi connectivity index (χ0n) is 40.3. The molecule has 2 saturated heterocycles. The van der Waals surface area contributed by atoms with E-state index in [2.05, 4.69) is 21.3 Å². The van der Waals surface area contributed by atoms with Gasteiger partial charge in [-0.15, -0.1) is 0 Å². The maximum Gasteiger partial charge on any atom is 0.408 e. The number of carbonyl (C=O) groups excluding carboxylic acids is 10. The maximum absolute atomic E-state index is 14.6. The summed E-state index contributed by atoms with van der Waals surface area (Å²) in [7, 11) is 10.5. The molecule has 0 aromatic rings.